The highest BCUT2D eigenvalue weighted by Crippen LogP contribution is 2.27. The Labute approximate surface area is 123 Å². The van der Waals surface area contributed by atoms with Crippen LogP contribution < -0.4 is 0 Å². The molecule has 1 aliphatic rings. The molecule has 0 aliphatic heterocycles. The van der Waals surface area contributed by atoms with Gasteiger partial charge in [0.15, 0.2) is 0 Å². The maximum atomic E-state index is 5.95. The molecule has 0 unspecified atom stereocenters. The van der Waals surface area contributed by atoms with E-state index in [1.165, 1.54) is 31.4 Å². The van der Waals surface area contributed by atoms with Crippen molar-refractivity contribution in [2.45, 2.75) is 45.2 Å². The van der Waals surface area contributed by atoms with E-state index in [0.29, 0.717) is 11.9 Å². The predicted octanol–water partition coefficient (Wildman–Crippen LogP) is 3.47. The van der Waals surface area contributed by atoms with Crippen LogP contribution in [0.1, 0.15) is 37.1 Å². The molecule has 1 aromatic heterocycles. The van der Waals surface area contributed by atoms with E-state index in [1.807, 2.05) is 18.7 Å². The Morgan fingerprint density at radius 1 is 1.44 bits per heavy atom. The highest BCUT2D eigenvalue weighted by atomic mass is 79.9. The van der Waals surface area contributed by atoms with Gasteiger partial charge in [0.1, 0.15) is 0 Å². The van der Waals surface area contributed by atoms with E-state index in [2.05, 4.69) is 25.9 Å². The van der Waals surface area contributed by atoms with Gasteiger partial charge < -0.3 is 0 Å². The summed E-state index contributed by atoms with van der Waals surface area (Å²) in [6, 6.07) is 0.700. The zero-order valence-corrected chi connectivity index (χ0v) is 13.5. The summed E-state index contributed by atoms with van der Waals surface area (Å²) in [4.78, 5) is 2.52. The van der Waals surface area contributed by atoms with Crippen LogP contribution in [0.4, 0.5) is 0 Å². The van der Waals surface area contributed by atoms with Gasteiger partial charge in [-0.1, -0.05) is 12.8 Å². The lowest BCUT2D eigenvalue weighted by atomic mass is 10.2. The van der Waals surface area contributed by atoms with Gasteiger partial charge in [0.05, 0.1) is 15.9 Å². The molecule has 18 heavy (non-hydrogen) atoms. The molecular weight excluding hydrogens is 314 g/mol. The fraction of sp³-hybridized carbons (Fsp3) is 0.769. The van der Waals surface area contributed by atoms with E-state index in [4.69, 9.17) is 11.6 Å². The van der Waals surface area contributed by atoms with Crippen LogP contribution in [0, 0.1) is 6.92 Å². The first-order valence-corrected chi connectivity index (χ1v) is 7.94. The van der Waals surface area contributed by atoms with Crippen molar-refractivity contribution >= 4 is 27.5 Å². The molecule has 1 saturated carbocycles. The standard InChI is InChI=1S/C13H21BrClN3/c1-10-13(14)12(17(2)16-10)9-18(8-7-15)11-5-3-4-6-11/h11H,3-9H2,1-2H3. The number of halogens is 2. The molecule has 0 N–H and O–H groups in total. The lowest BCUT2D eigenvalue weighted by molar-refractivity contribution is 0.196. The molecule has 2 rings (SSSR count). The molecular formula is C13H21BrClN3. The molecule has 1 fully saturated rings. The van der Waals surface area contributed by atoms with Crippen LogP contribution in [-0.4, -0.2) is 33.1 Å². The van der Waals surface area contributed by atoms with E-state index in [9.17, 15) is 0 Å². The third-order valence-corrected chi connectivity index (χ3v) is 5.03. The van der Waals surface area contributed by atoms with Gasteiger partial charge in [0, 0.05) is 32.1 Å². The van der Waals surface area contributed by atoms with Gasteiger partial charge >= 0.3 is 0 Å². The van der Waals surface area contributed by atoms with Gasteiger partial charge in [-0.05, 0) is 35.7 Å². The number of aromatic nitrogens is 2. The Morgan fingerprint density at radius 3 is 2.61 bits per heavy atom. The summed E-state index contributed by atoms with van der Waals surface area (Å²) in [5.74, 6) is 0.699. The summed E-state index contributed by atoms with van der Waals surface area (Å²) in [6.07, 6.45) is 5.33. The van der Waals surface area contributed by atoms with Crippen LogP contribution in [0.25, 0.3) is 0 Å². The predicted molar refractivity (Wildman–Crippen MR) is 79.0 cm³/mol. The lowest BCUT2D eigenvalue weighted by Gasteiger charge is -2.28. The van der Waals surface area contributed by atoms with Crippen molar-refractivity contribution in [3.05, 3.63) is 15.9 Å². The minimum atomic E-state index is 0.699. The van der Waals surface area contributed by atoms with Crippen molar-refractivity contribution in [3.8, 4) is 0 Å². The lowest BCUT2D eigenvalue weighted by Crippen LogP contribution is -2.35. The van der Waals surface area contributed by atoms with Crippen LogP contribution in [0.5, 0.6) is 0 Å². The molecule has 0 amide bonds. The molecule has 1 aliphatic carbocycles. The Morgan fingerprint density at radius 2 is 2.11 bits per heavy atom. The molecule has 0 bridgehead atoms. The summed E-state index contributed by atoms with van der Waals surface area (Å²) in [6.45, 7) is 3.94. The highest BCUT2D eigenvalue weighted by Gasteiger charge is 2.24. The van der Waals surface area contributed by atoms with Crippen molar-refractivity contribution in [1.29, 1.82) is 0 Å². The van der Waals surface area contributed by atoms with E-state index in [0.717, 1.165) is 23.3 Å². The van der Waals surface area contributed by atoms with Crippen molar-refractivity contribution in [3.63, 3.8) is 0 Å². The average Bonchev–Trinajstić information content (AvgIpc) is 2.93. The van der Waals surface area contributed by atoms with E-state index < -0.39 is 0 Å². The van der Waals surface area contributed by atoms with Crippen LogP contribution in [-0.2, 0) is 13.6 Å². The monoisotopic (exact) mass is 333 g/mol. The zero-order valence-electron chi connectivity index (χ0n) is 11.1. The fourth-order valence-electron chi connectivity index (χ4n) is 2.81. The summed E-state index contributed by atoms with van der Waals surface area (Å²) in [5, 5.41) is 4.46. The van der Waals surface area contributed by atoms with Crippen molar-refractivity contribution in [2.75, 3.05) is 12.4 Å². The summed E-state index contributed by atoms with van der Waals surface area (Å²) in [7, 11) is 2.01. The van der Waals surface area contributed by atoms with Crippen LogP contribution in [0.2, 0.25) is 0 Å². The van der Waals surface area contributed by atoms with Crippen LogP contribution in [0.3, 0.4) is 0 Å². The Balaban J connectivity index is 2.12. The first-order valence-electron chi connectivity index (χ1n) is 6.61. The number of hydrogen-bond donors (Lipinski definition) is 0. The highest BCUT2D eigenvalue weighted by molar-refractivity contribution is 9.10. The number of hydrogen-bond acceptors (Lipinski definition) is 2. The second-order valence-electron chi connectivity index (χ2n) is 5.07. The van der Waals surface area contributed by atoms with E-state index >= 15 is 0 Å². The topological polar surface area (TPSA) is 21.1 Å². The maximum absolute atomic E-state index is 5.95. The second-order valence-corrected chi connectivity index (χ2v) is 6.24. The quantitative estimate of drug-likeness (QED) is 0.769. The first kappa shape index (κ1) is 14.4. The second kappa shape index (κ2) is 6.40. The third-order valence-electron chi connectivity index (χ3n) is 3.83. The number of nitrogens with zero attached hydrogens (tertiary/aromatic N) is 3. The normalized spacial score (nSPS) is 16.9. The average molecular weight is 335 g/mol. The molecule has 0 aromatic carbocycles. The van der Waals surface area contributed by atoms with Crippen LogP contribution >= 0.6 is 27.5 Å². The fourth-order valence-corrected chi connectivity index (χ4v) is 3.49. The van der Waals surface area contributed by atoms with Crippen molar-refractivity contribution < 1.29 is 0 Å². The van der Waals surface area contributed by atoms with Crippen molar-refractivity contribution in [2.24, 2.45) is 7.05 Å². The Bertz CT molecular complexity index is 399. The Kier molecular flexibility index (Phi) is 5.10. The number of aryl methyl sites for hydroxylation is 2. The van der Waals surface area contributed by atoms with Gasteiger partial charge in [-0.15, -0.1) is 11.6 Å². The van der Waals surface area contributed by atoms with Crippen LogP contribution in [0.15, 0.2) is 4.47 Å². The van der Waals surface area contributed by atoms with E-state index in [1.54, 1.807) is 0 Å². The van der Waals surface area contributed by atoms with Gasteiger partial charge in [-0.25, -0.2) is 0 Å². The maximum Gasteiger partial charge on any atom is 0.0739 e. The minimum Gasteiger partial charge on any atom is -0.293 e. The van der Waals surface area contributed by atoms with Crippen molar-refractivity contribution in [1.82, 2.24) is 14.7 Å². The summed E-state index contributed by atoms with van der Waals surface area (Å²) >= 11 is 9.60. The molecule has 1 heterocycles. The molecule has 0 spiro atoms. The van der Waals surface area contributed by atoms with Gasteiger partial charge in [-0.2, -0.15) is 5.10 Å². The van der Waals surface area contributed by atoms with Gasteiger partial charge in [0.2, 0.25) is 0 Å². The first-order chi connectivity index (χ1) is 8.63. The largest absolute Gasteiger partial charge is 0.293 e. The van der Waals surface area contributed by atoms with E-state index in [-0.39, 0.29) is 0 Å². The minimum absolute atomic E-state index is 0.699. The molecule has 5 heteroatoms. The Hall–Kier alpha value is -0.0600. The number of rotatable bonds is 5. The van der Waals surface area contributed by atoms with Gasteiger partial charge in [0.25, 0.3) is 0 Å². The summed E-state index contributed by atoms with van der Waals surface area (Å²) < 4.78 is 3.12. The molecule has 1 aromatic rings. The third kappa shape index (κ3) is 3.09. The molecule has 0 saturated heterocycles. The van der Waals surface area contributed by atoms with Gasteiger partial charge in [-0.3, -0.25) is 9.58 Å². The molecule has 102 valence electrons. The number of alkyl halides is 1. The smallest absolute Gasteiger partial charge is 0.0739 e. The summed E-state index contributed by atoms with van der Waals surface area (Å²) in [5.41, 5.74) is 2.31. The molecule has 3 nitrogen and oxygen atoms in total. The molecule has 0 atom stereocenters. The molecule has 0 radical (unpaired) electrons. The SMILES string of the molecule is Cc1nn(C)c(CN(CCCl)C2CCCC2)c1Br. The zero-order chi connectivity index (χ0) is 13.1.